The van der Waals surface area contributed by atoms with Crippen LogP contribution in [0.5, 0.6) is 0 Å². The van der Waals surface area contributed by atoms with Gasteiger partial charge in [-0.1, -0.05) is 12.1 Å². The van der Waals surface area contributed by atoms with Gasteiger partial charge in [0.2, 0.25) is 0 Å². The normalized spacial score (nSPS) is 17.6. The topological polar surface area (TPSA) is 51.6 Å². The maximum Gasteiger partial charge on any atom is 0.157 e. The van der Waals surface area contributed by atoms with E-state index in [2.05, 4.69) is 11.0 Å². The highest BCUT2D eigenvalue weighted by Crippen LogP contribution is 2.27. The smallest absolute Gasteiger partial charge is 0.157 e. The molecule has 2 heterocycles. The van der Waals surface area contributed by atoms with Crippen molar-refractivity contribution in [3.8, 4) is 0 Å². The molecule has 1 aromatic heterocycles. The van der Waals surface area contributed by atoms with Gasteiger partial charge in [-0.25, -0.2) is 0 Å². The average Bonchev–Trinajstić information content (AvgIpc) is 2.76. The molecule has 0 saturated carbocycles. The first-order chi connectivity index (χ1) is 8.34. The van der Waals surface area contributed by atoms with Crippen LogP contribution in [0.15, 0.2) is 28.9 Å². The average molecular weight is 232 g/mol. The van der Waals surface area contributed by atoms with Crippen molar-refractivity contribution in [2.45, 2.75) is 6.54 Å². The molecule has 90 valence electrons. The summed E-state index contributed by atoms with van der Waals surface area (Å²) in [5.74, 6) is 0. The van der Waals surface area contributed by atoms with Gasteiger partial charge in [0.15, 0.2) is 5.58 Å². The van der Waals surface area contributed by atoms with E-state index in [0.717, 1.165) is 43.8 Å². The Bertz CT molecular complexity index is 515. The summed E-state index contributed by atoms with van der Waals surface area (Å²) in [7, 11) is 0. The first-order valence-electron chi connectivity index (χ1n) is 5.89. The van der Waals surface area contributed by atoms with Gasteiger partial charge in [0, 0.05) is 30.6 Å². The minimum Gasteiger partial charge on any atom is -0.462 e. The number of hydrogen-bond acceptors (Lipinski definition) is 4. The number of fused-ring (bicyclic) bond motifs is 1. The SMILES string of the molecule is Nc1cccc2c(CN3CCOCC3)coc12. The predicted octanol–water partition coefficient (Wildman–Crippen LogP) is 1.85. The molecule has 4 heteroatoms. The van der Waals surface area contributed by atoms with Crippen LogP contribution in [0.25, 0.3) is 11.0 Å². The highest BCUT2D eigenvalue weighted by atomic mass is 16.5. The van der Waals surface area contributed by atoms with Gasteiger partial charge in [-0.2, -0.15) is 0 Å². The predicted molar refractivity (Wildman–Crippen MR) is 66.7 cm³/mol. The molecule has 17 heavy (non-hydrogen) atoms. The minimum atomic E-state index is 0.704. The first kappa shape index (κ1) is 10.6. The lowest BCUT2D eigenvalue weighted by atomic mass is 10.1. The molecule has 0 spiro atoms. The summed E-state index contributed by atoms with van der Waals surface area (Å²) >= 11 is 0. The van der Waals surface area contributed by atoms with Crippen LogP contribution in [0, 0.1) is 0 Å². The summed E-state index contributed by atoms with van der Waals surface area (Å²) in [5.41, 5.74) is 8.58. The number of morpholine rings is 1. The Morgan fingerprint density at radius 1 is 1.24 bits per heavy atom. The lowest BCUT2D eigenvalue weighted by Gasteiger charge is -2.26. The molecule has 0 aliphatic carbocycles. The molecule has 1 aromatic carbocycles. The van der Waals surface area contributed by atoms with E-state index in [9.17, 15) is 0 Å². The summed E-state index contributed by atoms with van der Waals surface area (Å²) in [6.07, 6.45) is 1.82. The van der Waals surface area contributed by atoms with Gasteiger partial charge in [0.1, 0.15) is 0 Å². The number of benzene rings is 1. The zero-order valence-corrected chi connectivity index (χ0v) is 9.69. The number of hydrogen-bond donors (Lipinski definition) is 1. The van der Waals surface area contributed by atoms with Gasteiger partial charge >= 0.3 is 0 Å². The highest BCUT2D eigenvalue weighted by Gasteiger charge is 2.14. The number of nitrogens with zero attached hydrogens (tertiary/aromatic N) is 1. The summed E-state index contributed by atoms with van der Waals surface area (Å²) in [4.78, 5) is 2.37. The third-order valence-corrected chi connectivity index (χ3v) is 3.21. The standard InChI is InChI=1S/C13H16N2O2/c14-12-3-1-2-11-10(9-17-13(11)12)8-15-4-6-16-7-5-15/h1-3,9H,4-8,14H2. The molecule has 1 saturated heterocycles. The summed E-state index contributed by atoms with van der Waals surface area (Å²) in [5, 5.41) is 1.12. The molecule has 2 N–H and O–H groups in total. The molecule has 0 bridgehead atoms. The third kappa shape index (κ3) is 2.01. The van der Waals surface area contributed by atoms with Crippen LogP contribution in [0.4, 0.5) is 5.69 Å². The van der Waals surface area contributed by atoms with Gasteiger partial charge in [0.05, 0.1) is 25.2 Å². The van der Waals surface area contributed by atoms with Crippen molar-refractivity contribution >= 4 is 16.7 Å². The highest BCUT2D eigenvalue weighted by molar-refractivity contribution is 5.90. The fourth-order valence-electron chi connectivity index (χ4n) is 2.26. The van der Waals surface area contributed by atoms with E-state index in [1.54, 1.807) is 0 Å². The van der Waals surface area contributed by atoms with E-state index in [4.69, 9.17) is 14.9 Å². The van der Waals surface area contributed by atoms with Crippen molar-refractivity contribution < 1.29 is 9.15 Å². The van der Waals surface area contributed by atoms with Crippen molar-refractivity contribution in [1.82, 2.24) is 4.90 Å². The van der Waals surface area contributed by atoms with Crippen LogP contribution in [-0.4, -0.2) is 31.2 Å². The van der Waals surface area contributed by atoms with Gasteiger partial charge in [-0.05, 0) is 6.07 Å². The minimum absolute atomic E-state index is 0.704. The Kier molecular flexibility index (Phi) is 2.74. The Hall–Kier alpha value is -1.52. The summed E-state index contributed by atoms with van der Waals surface area (Å²) < 4.78 is 10.9. The van der Waals surface area contributed by atoms with E-state index in [1.807, 2.05) is 18.4 Å². The van der Waals surface area contributed by atoms with Crippen molar-refractivity contribution in [3.63, 3.8) is 0 Å². The van der Waals surface area contributed by atoms with Crippen molar-refractivity contribution in [2.75, 3.05) is 32.0 Å². The zero-order valence-electron chi connectivity index (χ0n) is 9.69. The number of anilines is 1. The Labute approximate surface area is 99.9 Å². The Balaban J connectivity index is 1.87. The molecular formula is C13H16N2O2. The molecular weight excluding hydrogens is 216 g/mol. The number of nitrogen functional groups attached to an aromatic ring is 1. The lowest BCUT2D eigenvalue weighted by molar-refractivity contribution is 0.0342. The number of ether oxygens (including phenoxy) is 1. The van der Waals surface area contributed by atoms with Crippen LogP contribution in [0.3, 0.4) is 0 Å². The number of rotatable bonds is 2. The monoisotopic (exact) mass is 232 g/mol. The lowest BCUT2D eigenvalue weighted by Crippen LogP contribution is -2.35. The molecule has 0 unspecified atom stereocenters. The third-order valence-electron chi connectivity index (χ3n) is 3.21. The van der Waals surface area contributed by atoms with Gasteiger partial charge in [-0.15, -0.1) is 0 Å². The number of nitrogens with two attached hydrogens (primary N) is 1. The molecule has 0 radical (unpaired) electrons. The van der Waals surface area contributed by atoms with Crippen molar-refractivity contribution in [3.05, 3.63) is 30.0 Å². The van der Waals surface area contributed by atoms with E-state index in [-0.39, 0.29) is 0 Å². The van der Waals surface area contributed by atoms with Crippen LogP contribution < -0.4 is 5.73 Å². The van der Waals surface area contributed by atoms with Crippen molar-refractivity contribution in [2.24, 2.45) is 0 Å². The molecule has 3 rings (SSSR count). The molecule has 1 aliphatic heterocycles. The maximum absolute atomic E-state index is 5.88. The second kappa shape index (κ2) is 4.39. The van der Waals surface area contributed by atoms with Crippen LogP contribution in [0.2, 0.25) is 0 Å². The van der Waals surface area contributed by atoms with Crippen LogP contribution >= 0.6 is 0 Å². The number of furan rings is 1. The van der Waals surface area contributed by atoms with E-state index in [1.165, 1.54) is 5.56 Å². The zero-order chi connectivity index (χ0) is 11.7. The van der Waals surface area contributed by atoms with E-state index >= 15 is 0 Å². The Morgan fingerprint density at radius 2 is 2.06 bits per heavy atom. The second-order valence-corrected chi connectivity index (χ2v) is 4.37. The molecule has 1 aliphatic rings. The van der Waals surface area contributed by atoms with Gasteiger partial charge in [0.25, 0.3) is 0 Å². The van der Waals surface area contributed by atoms with Gasteiger partial charge < -0.3 is 14.9 Å². The van der Waals surface area contributed by atoms with Gasteiger partial charge in [-0.3, -0.25) is 4.90 Å². The summed E-state index contributed by atoms with van der Waals surface area (Å²) in [6.45, 7) is 4.50. The Morgan fingerprint density at radius 3 is 2.88 bits per heavy atom. The van der Waals surface area contributed by atoms with E-state index in [0.29, 0.717) is 5.69 Å². The molecule has 1 fully saturated rings. The molecule has 0 amide bonds. The van der Waals surface area contributed by atoms with Crippen LogP contribution in [-0.2, 0) is 11.3 Å². The van der Waals surface area contributed by atoms with Crippen molar-refractivity contribution in [1.29, 1.82) is 0 Å². The largest absolute Gasteiger partial charge is 0.462 e. The second-order valence-electron chi connectivity index (χ2n) is 4.37. The first-order valence-corrected chi connectivity index (χ1v) is 5.89. The maximum atomic E-state index is 5.88. The van der Waals surface area contributed by atoms with Crippen LogP contribution in [0.1, 0.15) is 5.56 Å². The fourth-order valence-corrected chi connectivity index (χ4v) is 2.26. The number of para-hydroxylation sites is 1. The molecule has 4 nitrogen and oxygen atoms in total. The quantitative estimate of drug-likeness (QED) is 0.803. The molecule has 0 atom stereocenters. The summed E-state index contributed by atoms with van der Waals surface area (Å²) in [6, 6.07) is 5.89. The molecule has 2 aromatic rings. The fraction of sp³-hybridized carbons (Fsp3) is 0.385. The van der Waals surface area contributed by atoms with E-state index < -0.39 is 0 Å².